The third-order valence-corrected chi connectivity index (χ3v) is 5.65. The molecule has 0 aromatic heterocycles. The molecule has 0 spiro atoms. The zero-order valence-corrected chi connectivity index (χ0v) is 16.2. The lowest BCUT2D eigenvalue weighted by atomic mass is 9.78. The lowest BCUT2D eigenvalue weighted by Gasteiger charge is -2.32. The minimum absolute atomic E-state index is 0.125. The largest absolute Gasteiger partial charge is 0.494 e. The highest BCUT2D eigenvalue weighted by Gasteiger charge is 2.51. The van der Waals surface area contributed by atoms with E-state index >= 15 is 0 Å². The van der Waals surface area contributed by atoms with Crippen molar-refractivity contribution in [2.75, 3.05) is 20.2 Å². The first-order chi connectivity index (χ1) is 12.1. The van der Waals surface area contributed by atoms with E-state index in [9.17, 15) is 9.18 Å². The van der Waals surface area contributed by atoms with E-state index in [1.807, 2.05) is 33.8 Å². The molecule has 2 aliphatic rings. The van der Waals surface area contributed by atoms with Crippen molar-refractivity contribution in [2.24, 2.45) is 5.92 Å². The highest BCUT2D eigenvalue weighted by atomic mass is 19.1. The molecule has 26 heavy (non-hydrogen) atoms. The number of hydrogen-bond donors (Lipinski definition) is 0. The minimum atomic E-state index is -0.633. The van der Waals surface area contributed by atoms with Crippen molar-refractivity contribution in [3.63, 3.8) is 0 Å². The zero-order chi connectivity index (χ0) is 19.1. The maximum atomic E-state index is 13.6. The van der Waals surface area contributed by atoms with Gasteiger partial charge >= 0.3 is 7.12 Å². The van der Waals surface area contributed by atoms with Crippen LogP contribution in [0.4, 0.5) is 4.39 Å². The minimum Gasteiger partial charge on any atom is -0.493 e. The molecule has 2 fully saturated rings. The summed E-state index contributed by atoms with van der Waals surface area (Å²) >= 11 is 0. The molecule has 2 aliphatic heterocycles. The number of carbonyl (C=O) groups is 1. The monoisotopic (exact) mass is 363 g/mol. The second-order valence-corrected chi connectivity index (χ2v) is 8.24. The zero-order valence-electron chi connectivity index (χ0n) is 16.2. The maximum Gasteiger partial charge on any atom is 0.494 e. The lowest BCUT2D eigenvalue weighted by Crippen LogP contribution is -2.41. The van der Waals surface area contributed by atoms with Crippen molar-refractivity contribution in [2.45, 2.75) is 52.0 Å². The molecule has 1 unspecified atom stereocenters. The molecule has 3 rings (SSSR count). The van der Waals surface area contributed by atoms with E-state index < -0.39 is 25.0 Å². The van der Waals surface area contributed by atoms with Gasteiger partial charge < -0.3 is 18.9 Å². The smallest absolute Gasteiger partial charge is 0.493 e. The molecule has 0 N–H and O–H groups in total. The van der Waals surface area contributed by atoms with Gasteiger partial charge in [0.2, 0.25) is 5.91 Å². The summed E-state index contributed by atoms with van der Waals surface area (Å²) in [5, 5.41) is 0. The molecule has 0 bridgehead atoms. The van der Waals surface area contributed by atoms with Gasteiger partial charge in [0.25, 0.3) is 0 Å². The van der Waals surface area contributed by atoms with E-state index in [1.54, 1.807) is 24.1 Å². The Balaban J connectivity index is 1.70. The fourth-order valence-electron chi connectivity index (χ4n) is 3.25. The summed E-state index contributed by atoms with van der Waals surface area (Å²) < 4.78 is 31.4. The van der Waals surface area contributed by atoms with Gasteiger partial charge in [0.05, 0.1) is 17.8 Å². The number of halogens is 1. The first-order valence-corrected chi connectivity index (χ1v) is 9.04. The number of carbonyl (C=O) groups excluding carboxylic acids is 1. The van der Waals surface area contributed by atoms with E-state index in [0.717, 1.165) is 5.46 Å². The third-order valence-electron chi connectivity index (χ3n) is 5.65. The van der Waals surface area contributed by atoms with Crippen LogP contribution in [0.15, 0.2) is 18.2 Å². The molecular formula is C19H27BFNO4. The average molecular weight is 363 g/mol. The second-order valence-electron chi connectivity index (χ2n) is 8.24. The Labute approximate surface area is 154 Å². The van der Waals surface area contributed by atoms with E-state index in [2.05, 4.69) is 0 Å². The van der Waals surface area contributed by atoms with Crippen molar-refractivity contribution >= 4 is 18.5 Å². The van der Waals surface area contributed by atoms with Crippen LogP contribution in [0.5, 0.6) is 5.75 Å². The summed E-state index contributed by atoms with van der Waals surface area (Å²) in [5.41, 5.74) is 0.363. The van der Waals surface area contributed by atoms with E-state index in [0.29, 0.717) is 30.9 Å². The molecule has 1 atom stereocenters. The van der Waals surface area contributed by atoms with Crippen LogP contribution in [-0.4, -0.2) is 49.3 Å². The van der Waals surface area contributed by atoms with Gasteiger partial charge in [-0.1, -0.05) is 12.1 Å². The van der Waals surface area contributed by atoms with Crippen LogP contribution in [0, 0.1) is 5.92 Å². The first kappa shape index (κ1) is 19.2. The molecule has 5 nitrogen and oxygen atoms in total. The van der Waals surface area contributed by atoms with Gasteiger partial charge in [-0.15, -0.1) is 0 Å². The molecule has 1 aromatic carbocycles. The highest BCUT2D eigenvalue weighted by molar-refractivity contribution is 6.62. The van der Waals surface area contributed by atoms with Gasteiger partial charge in [0.15, 0.2) is 0 Å². The third kappa shape index (κ3) is 3.60. The molecule has 1 amide bonds. The Morgan fingerprint density at radius 2 is 1.92 bits per heavy atom. The first-order valence-electron chi connectivity index (χ1n) is 9.04. The molecule has 2 heterocycles. The second kappa shape index (κ2) is 6.85. The molecule has 1 aromatic rings. The maximum absolute atomic E-state index is 13.6. The summed E-state index contributed by atoms with van der Waals surface area (Å²) in [6.07, 6.45) is 0.480. The fourth-order valence-corrected chi connectivity index (χ4v) is 3.25. The van der Waals surface area contributed by atoms with Gasteiger partial charge in [-0.25, -0.2) is 4.39 Å². The molecule has 0 radical (unpaired) electrons. The van der Waals surface area contributed by atoms with Gasteiger partial charge in [-0.2, -0.15) is 0 Å². The topological polar surface area (TPSA) is 48.0 Å². The predicted molar refractivity (Wildman–Crippen MR) is 98.2 cm³/mol. The number of nitrogens with zero attached hydrogens (tertiary/aromatic N) is 1. The molecule has 142 valence electrons. The normalized spacial score (nSPS) is 24.4. The van der Waals surface area contributed by atoms with Crippen molar-refractivity contribution in [3.05, 3.63) is 23.8 Å². The summed E-state index contributed by atoms with van der Waals surface area (Å²) in [5.74, 6) is 0.776. The van der Waals surface area contributed by atoms with Crippen LogP contribution in [0.3, 0.4) is 0 Å². The Bertz CT molecular complexity index is 678. The van der Waals surface area contributed by atoms with Crippen LogP contribution in [-0.2, 0) is 20.8 Å². The number of alkyl halides is 1. The van der Waals surface area contributed by atoms with E-state index in [-0.39, 0.29) is 11.8 Å². The molecule has 2 saturated heterocycles. The number of likely N-dealkylation sites (tertiary alicyclic amines) is 1. The number of amides is 1. The van der Waals surface area contributed by atoms with Gasteiger partial charge in [0, 0.05) is 31.5 Å². The van der Waals surface area contributed by atoms with Gasteiger partial charge in [-0.05, 0) is 39.2 Å². The Morgan fingerprint density at radius 1 is 1.27 bits per heavy atom. The van der Waals surface area contributed by atoms with Crippen molar-refractivity contribution in [1.82, 2.24) is 4.90 Å². The quantitative estimate of drug-likeness (QED) is 0.754. The molecule has 0 saturated carbocycles. The number of benzene rings is 1. The van der Waals surface area contributed by atoms with Crippen molar-refractivity contribution in [1.29, 1.82) is 0 Å². The SMILES string of the molecule is CN1CC(COc2ccc(B3OC(C)(C)C(C)(C)O3)cc2CF)CC1=O. The fraction of sp³-hybridized carbons (Fsp3) is 0.632. The van der Waals surface area contributed by atoms with Crippen molar-refractivity contribution < 1.29 is 23.2 Å². The molecule has 0 aliphatic carbocycles. The molecular weight excluding hydrogens is 336 g/mol. The van der Waals surface area contributed by atoms with E-state index in [4.69, 9.17) is 14.0 Å². The van der Waals surface area contributed by atoms with Gasteiger partial charge in [0.1, 0.15) is 12.4 Å². The Hall–Kier alpha value is -1.60. The average Bonchev–Trinajstić information content (AvgIpc) is 3.00. The van der Waals surface area contributed by atoms with Crippen LogP contribution >= 0.6 is 0 Å². The Kier molecular flexibility index (Phi) is 5.05. The summed E-state index contributed by atoms with van der Waals surface area (Å²) in [6, 6.07) is 5.35. The lowest BCUT2D eigenvalue weighted by molar-refractivity contribution is -0.126. The van der Waals surface area contributed by atoms with Crippen LogP contribution < -0.4 is 10.2 Å². The number of rotatable bonds is 5. The standard InChI is InChI=1S/C19H27BFNO4/c1-18(2)19(3,4)26-20(25-18)15-6-7-16(14(9-15)10-21)24-12-13-8-17(23)22(5)11-13/h6-7,9,13H,8,10-12H2,1-5H3. The van der Waals surface area contributed by atoms with E-state index in [1.165, 1.54) is 0 Å². The number of hydrogen-bond acceptors (Lipinski definition) is 4. The summed E-state index contributed by atoms with van der Waals surface area (Å²) in [6.45, 7) is 8.39. The predicted octanol–water partition coefficient (Wildman–Crippen LogP) is 2.31. The molecule has 7 heteroatoms. The summed E-state index contributed by atoms with van der Waals surface area (Å²) in [7, 11) is 1.26. The summed E-state index contributed by atoms with van der Waals surface area (Å²) in [4.78, 5) is 13.3. The Morgan fingerprint density at radius 3 is 2.46 bits per heavy atom. The van der Waals surface area contributed by atoms with Gasteiger partial charge in [-0.3, -0.25) is 4.79 Å². The van der Waals surface area contributed by atoms with Crippen molar-refractivity contribution in [3.8, 4) is 5.75 Å². The van der Waals surface area contributed by atoms with Crippen LogP contribution in [0.1, 0.15) is 39.7 Å². The van der Waals surface area contributed by atoms with Crippen LogP contribution in [0.2, 0.25) is 0 Å². The number of ether oxygens (including phenoxy) is 1. The highest BCUT2D eigenvalue weighted by Crippen LogP contribution is 2.36. The van der Waals surface area contributed by atoms with Crippen LogP contribution in [0.25, 0.3) is 0 Å².